The molecule has 1 amide bonds. The van der Waals surface area contributed by atoms with Crippen LogP contribution in [0.5, 0.6) is 0 Å². The molecule has 4 aliphatic heterocycles. The van der Waals surface area contributed by atoms with E-state index in [1.807, 2.05) is 44.8 Å². The number of hydrogen-bond acceptors (Lipinski definition) is 11. The SMILES string of the molecule is COC1(C)C[C@@H](C)CN(C)[C@H](C2CN(C(=O)CN3CCC3)C2)COC(=O)C(C)(C)C(=O)[C@H](C)[C@H]1O[C@@H]1O[C@H](C)C[C@H](N(C)C)[C@H]1O. The van der Waals surface area contributed by atoms with E-state index >= 15 is 0 Å². The fourth-order valence-electron chi connectivity index (χ4n) is 7.85. The normalized spacial score (nSPS) is 39.1. The summed E-state index contributed by atoms with van der Waals surface area (Å²) in [5.41, 5.74) is -2.41. The molecule has 0 spiro atoms. The maximum absolute atomic E-state index is 14.2. The van der Waals surface area contributed by atoms with E-state index in [2.05, 4.69) is 16.7 Å². The molecule has 0 aliphatic carbocycles. The Morgan fingerprint density at radius 2 is 1.74 bits per heavy atom. The van der Waals surface area contributed by atoms with Gasteiger partial charge in [0.05, 0.1) is 24.4 Å². The monoisotopic (exact) mass is 652 g/mol. The number of ether oxygens (including phenoxy) is 4. The summed E-state index contributed by atoms with van der Waals surface area (Å²) in [5, 5.41) is 11.3. The third-order valence-corrected chi connectivity index (χ3v) is 11.0. The molecule has 4 heterocycles. The van der Waals surface area contributed by atoms with Gasteiger partial charge in [-0.05, 0) is 87.1 Å². The number of carbonyl (C=O) groups excluding carboxylic acids is 3. The highest BCUT2D eigenvalue weighted by Gasteiger charge is 2.52. The van der Waals surface area contributed by atoms with Gasteiger partial charge < -0.3 is 33.9 Å². The Balaban J connectivity index is 1.58. The second-order valence-corrected chi connectivity index (χ2v) is 15.5. The molecular formula is C34H60N4O8. The van der Waals surface area contributed by atoms with E-state index in [-0.39, 0.29) is 48.3 Å². The van der Waals surface area contributed by atoms with Crippen LogP contribution in [0.3, 0.4) is 0 Å². The zero-order valence-corrected chi connectivity index (χ0v) is 29.9. The van der Waals surface area contributed by atoms with Crippen LogP contribution >= 0.6 is 0 Å². The predicted molar refractivity (Wildman–Crippen MR) is 173 cm³/mol. The van der Waals surface area contributed by atoms with Gasteiger partial charge in [-0.1, -0.05) is 13.8 Å². The number of nitrogens with zero attached hydrogens (tertiary/aromatic N) is 4. The van der Waals surface area contributed by atoms with Crippen LogP contribution < -0.4 is 0 Å². The molecule has 1 N–H and O–H groups in total. The first kappa shape index (κ1) is 37.2. The molecule has 9 atom stereocenters. The Hall–Kier alpha value is -1.67. The first-order chi connectivity index (χ1) is 21.5. The van der Waals surface area contributed by atoms with E-state index in [9.17, 15) is 19.5 Å². The van der Waals surface area contributed by atoms with Gasteiger partial charge >= 0.3 is 5.97 Å². The summed E-state index contributed by atoms with van der Waals surface area (Å²) >= 11 is 0. The topological polar surface area (TPSA) is 121 Å². The lowest BCUT2D eigenvalue weighted by atomic mass is 9.74. The lowest BCUT2D eigenvalue weighted by Gasteiger charge is -2.48. The summed E-state index contributed by atoms with van der Waals surface area (Å²) in [5.74, 6) is -1.29. The second kappa shape index (κ2) is 14.8. The lowest BCUT2D eigenvalue weighted by Crippen LogP contribution is -2.61. The molecule has 0 radical (unpaired) electrons. The first-order valence-corrected chi connectivity index (χ1v) is 17.1. The standard InChI is InChI=1S/C34H60N4O8/c1-21-15-34(6,43-10)30(46-31-28(40)25(35(7)8)14-22(2)45-31)23(3)29(41)33(4,5)32(42)44-20-26(36(9)16-21)24-17-38(18-24)27(39)19-37-12-11-13-37/h21-26,28,30-31,40H,11-20H2,1-10H3/t21-,22-,23+,25+,26+,28-,30-,31+,34?/m1/s1. The van der Waals surface area contributed by atoms with Gasteiger partial charge in [0.15, 0.2) is 12.1 Å². The minimum Gasteiger partial charge on any atom is -0.463 e. The van der Waals surface area contributed by atoms with Crippen LogP contribution in [0, 0.1) is 23.2 Å². The van der Waals surface area contributed by atoms with Gasteiger partial charge in [0.2, 0.25) is 5.91 Å². The quantitative estimate of drug-likeness (QED) is 0.318. The highest BCUT2D eigenvalue weighted by Crippen LogP contribution is 2.38. The van der Waals surface area contributed by atoms with E-state index in [4.69, 9.17) is 18.9 Å². The second-order valence-electron chi connectivity index (χ2n) is 15.5. The van der Waals surface area contributed by atoms with E-state index in [1.54, 1.807) is 27.9 Å². The number of aliphatic hydroxyl groups is 1. The Morgan fingerprint density at radius 1 is 1.09 bits per heavy atom. The van der Waals surface area contributed by atoms with E-state index in [0.717, 1.165) is 19.5 Å². The molecule has 4 fully saturated rings. The number of rotatable bonds is 7. The molecular weight excluding hydrogens is 592 g/mol. The Labute approximate surface area is 276 Å². The number of aliphatic hydroxyl groups excluding tert-OH is 1. The Bertz CT molecular complexity index is 1080. The Kier molecular flexibility index (Phi) is 12.0. The summed E-state index contributed by atoms with van der Waals surface area (Å²) in [6.45, 7) is 15.5. The smallest absolute Gasteiger partial charge is 0.319 e. The summed E-state index contributed by atoms with van der Waals surface area (Å²) < 4.78 is 24.9. The summed E-state index contributed by atoms with van der Waals surface area (Å²) in [6, 6.07) is -0.299. The molecule has 1 unspecified atom stereocenters. The summed E-state index contributed by atoms with van der Waals surface area (Å²) in [7, 11) is 7.48. The van der Waals surface area contributed by atoms with Crippen LogP contribution in [0.2, 0.25) is 0 Å². The minimum absolute atomic E-state index is 0.102. The van der Waals surface area contributed by atoms with Crippen molar-refractivity contribution in [2.45, 2.75) is 103 Å². The average molecular weight is 653 g/mol. The van der Waals surface area contributed by atoms with Gasteiger partial charge in [-0.15, -0.1) is 0 Å². The van der Waals surface area contributed by atoms with Crippen molar-refractivity contribution < 1.29 is 38.4 Å². The molecule has 0 aromatic heterocycles. The Morgan fingerprint density at radius 3 is 2.30 bits per heavy atom. The lowest BCUT2D eigenvalue weighted by molar-refractivity contribution is -0.295. The van der Waals surface area contributed by atoms with E-state index in [0.29, 0.717) is 39.0 Å². The molecule has 0 saturated carbocycles. The zero-order chi connectivity index (χ0) is 34.1. The molecule has 0 aromatic carbocycles. The fourth-order valence-corrected chi connectivity index (χ4v) is 7.85. The van der Waals surface area contributed by atoms with Crippen molar-refractivity contribution in [2.75, 3.05) is 74.1 Å². The van der Waals surface area contributed by atoms with E-state index in [1.165, 1.54) is 0 Å². The first-order valence-electron chi connectivity index (χ1n) is 17.1. The number of Topliss-reactive ketones (excluding diaryl/α,β-unsaturated/α-hetero) is 1. The number of likely N-dealkylation sites (N-methyl/N-ethyl adjacent to an activating group) is 2. The van der Waals surface area contributed by atoms with E-state index < -0.39 is 41.4 Å². The van der Waals surface area contributed by atoms with Crippen LogP contribution in [0.25, 0.3) is 0 Å². The van der Waals surface area contributed by atoms with Gasteiger partial charge in [-0.2, -0.15) is 0 Å². The van der Waals surface area contributed by atoms with Crippen molar-refractivity contribution in [2.24, 2.45) is 23.2 Å². The van der Waals surface area contributed by atoms with Gasteiger partial charge in [0.1, 0.15) is 18.1 Å². The predicted octanol–water partition coefficient (Wildman–Crippen LogP) is 1.48. The van der Waals surface area contributed by atoms with Crippen LogP contribution in [0.15, 0.2) is 0 Å². The largest absolute Gasteiger partial charge is 0.463 e. The number of amides is 1. The van der Waals surface area contributed by atoms with Crippen LogP contribution in [0.4, 0.5) is 0 Å². The third-order valence-electron chi connectivity index (χ3n) is 11.0. The van der Waals surface area contributed by atoms with Crippen molar-refractivity contribution >= 4 is 17.7 Å². The van der Waals surface area contributed by atoms with Crippen molar-refractivity contribution in [1.29, 1.82) is 0 Å². The minimum atomic E-state index is -1.46. The highest BCUT2D eigenvalue weighted by molar-refractivity contribution is 6.04. The number of esters is 1. The van der Waals surface area contributed by atoms with Crippen molar-refractivity contribution in [3.05, 3.63) is 0 Å². The number of methoxy groups -OCH3 is 1. The van der Waals surface area contributed by atoms with Gasteiger partial charge in [0.25, 0.3) is 0 Å². The van der Waals surface area contributed by atoms with Crippen LogP contribution in [0.1, 0.15) is 60.8 Å². The van der Waals surface area contributed by atoms with Crippen LogP contribution in [-0.4, -0.2) is 159 Å². The van der Waals surface area contributed by atoms with Gasteiger partial charge in [-0.25, -0.2) is 0 Å². The fraction of sp³-hybridized carbons (Fsp3) is 0.912. The molecule has 4 rings (SSSR count). The zero-order valence-electron chi connectivity index (χ0n) is 29.9. The van der Waals surface area contributed by atoms with Crippen LogP contribution in [-0.2, 0) is 33.3 Å². The number of hydrogen-bond donors (Lipinski definition) is 1. The van der Waals surface area contributed by atoms with Gasteiger partial charge in [-0.3, -0.25) is 24.2 Å². The molecule has 264 valence electrons. The molecule has 4 saturated heterocycles. The molecule has 46 heavy (non-hydrogen) atoms. The molecule has 0 aromatic rings. The maximum Gasteiger partial charge on any atom is 0.319 e. The molecule has 0 bridgehead atoms. The summed E-state index contributed by atoms with van der Waals surface area (Å²) in [4.78, 5) is 48.9. The number of cyclic esters (lactones) is 1. The third kappa shape index (κ3) is 7.96. The number of carbonyl (C=O) groups is 3. The summed E-state index contributed by atoms with van der Waals surface area (Å²) in [6.07, 6.45) is -0.578. The average Bonchev–Trinajstić information content (AvgIpc) is 2.94. The highest BCUT2D eigenvalue weighted by atomic mass is 16.7. The molecule has 4 aliphatic rings. The number of ketones is 1. The van der Waals surface area contributed by atoms with Crippen molar-refractivity contribution in [3.63, 3.8) is 0 Å². The maximum atomic E-state index is 14.2. The molecule has 12 nitrogen and oxygen atoms in total. The van der Waals surface area contributed by atoms with Crippen molar-refractivity contribution in [3.8, 4) is 0 Å². The molecule has 12 heteroatoms. The van der Waals surface area contributed by atoms with Gasteiger partial charge in [0, 0.05) is 50.7 Å². The number of likely N-dealkylation sites (tertiary alicyclic amines) is 2. The van der Waals surface area contributed by atoms with Crippen molar-refractivity contribution in [1.82, 2.24) is 19.6 Å².